The molecule has 2 aliphatic rings. The number of nitrogens with two attached hydrogens (primary N) is 1. The molecule has 166 valence electrons. The summed E-state index contributed by atoms with van der Waals surface area (Å²) in [5.74, 6) is 0.522. The van der Waals surface area contributed by atoms with E-state index in [0.29, 0.717) is 12.6 Å². The molecule has 0 spiro atoms. The Balaban J connectivity index is 0.00000136. The summed E-state index contributed by atoms with van der Waals surface area (Å²) in [7, 11) is 0. The predicted molar refractivity (Wildman–Crippen MR) is 127 cm³/mol. The molecule has 2 atom stereocenters. The smallest absolute Gasteiger partial charge is 0.298 e. The van der Waals surface area contributed by atoms with Gasteiger partial charge in [-0.15, -0.1) is 24.8 Å². The number of para-hydroxylation sites is 2. The lowest BCUT2D eigenvalue weighted by molar-refractivity contribution is -0.135. The van der Waals surface area contributed by atoms with Crippen LogP contribution in [0.2, 0.25) is 0 Å². The van der Waals surface area contributed by atoms with E-state index in [2.05, 4.69) is 22.0 Å². The van der Waals surface area contributed by atoms with Crippen molar-refractivity contribution in [2.45, 2.75) is 24.8 Å². The fourth-order valence-corrected chi connectivity index (χ4v) is 4.63. The Morgan fingerprint density at radius 2 is 1.65 bits per heavy atom. The Morgan fingerprint density at radius 1 is 0.968 bits per heavy atom. The third-order valence-electron chi connectivity index (χ3n) is 6.30. The Morgan fingerprint density at radius 3 is 2.35 bits per heavy atom. The Labute approximate surface area is 194 Å². The molecule has 0 aliphatic carbocycles. The molecule has 6 nitrogen and oxygen atoms in total. The van der Waals surface area contributed by atoms with Crippen LogP contribution in [-0.2, 0) is 4.79 Å². The van der Waals surface area contributed by atoms with E-state index in [0.717, 1.165) is 43.6 Å². The van der Waals surface area contributed by atoms with Gasteiger partial charge >= 0.3 is 0 Å². The van der Waals surface area contributed by atoms with Gasteiger partial charge in [0, 0.05) is 44.1 Å². The highest BCUT2D eigenvalue weighted by Gasteiger charge is 2.37. The van der Waals surface area contributed by atoms with E-state index in [-0.39, 0.29) is 48.6 Å². The van der Waals surface area contributed by atoms with Gasteiger partial charge < -0.3 is 20.0 Å². The van der Waals surface area contributed by atoms with E-state index in [4.69, 9.17) is 10.2 Å². The summed E-state index contributed by atoms with van der Waals surface area (Å²) in [5, 5.41) is 0. The highest BCUT2D eigenvalue weighted by Crippen LogP contribution is 2.31. The van der Waals surface area contributed by atoms with Crippen LogP contribution in [0.4, 0.5) is 6.01 Å². The monoisotopic (exact) mass is 462 g/mol. The molecule has 0 radical (unpaired) electrons. The number of oxazole rings is 1. The molecule has 3 heterocycles. The highest BCUT2D eigenvalue weighted by atomic mass is 35.5. The van der Waals surface area contributed by atoms with E-state index in [1.165, 1.54) is 5.56 Å². The molecule has 0 bridgehead atoms. The molecule has 3 aromatic rings. The zero-order valence-electron chi connectivity index (χ0n) is 17.2. The number of benzene rings is 2. The van der Waals surface area contributed by atoms with Crippen molar-refractivity contribution in [1.82, 2.24) is 9.88 Å². The zero-order valence-corrected chi connectivity index (χ0v) is 18.9. The van der Waals surface area contributed by atoms with E-state index in [9.17, 15) is 4.79 Å². The van der Waals surface area contributed by atoms with Crippen LogP contribution in [0.3, 0.4) is 0 Å². The second-order valence-corrected chi connectivity index (χ2v) is 8.15. The van der Waals surface area contributed by atoms with Gasteiger partial charge in [-0.2, -0.15) is 4.98 Å². The standard InChI is InChI=1S/C23H26N4O2.2ClH/c24-19-15-27(14-18(19)16-6-2-1-3-7-16)22(28)17-10-12-26(13-11-17)23-25-20-8-4-5-9-21(20)29-23;;/h1-9,17-19H,10-15,24H2;2*1H/t18-,19+;;/m0../s1. The topological polar surface area (TPSA) is 75.6 Å². The molecule has 5 rings (SSSR count). The summed E-state index contributed by atoms with van der Waals surface area (Å²) in [4.78, 5) is 21.8. The van der Waals surface area contributed by atoms with Crippen molar-refractivity contribution in [2.75, 3.05) is 31.1 Å². The first kappa shape index (κ1) is 23.4. The number of anilines is 1. The number of carbonyl (C=O) groups excluding carboxylic acids is 1. The van der Waals surface area contributed by atoms with Crippen molar-refractivity contribution < 1.29 is 9.21 Å². The van der Waals surface area contributed by atoms with Gasteiger partial charge in [0.25, 0.3) is 6.01 Å². The van der Waals surface area contributed by atoms with Crippen LogP contribution >= 0.6 is 24.8 Å². The van der Waals surface area contributed by atoms with Gasteiger partial charge in [-0.3, -0.25) is 4.79 Å². The maximum atomic E-state index is 13.1. The van der Waals surface area contributed by atoms with E-state index in [1.807, 2.05) is 47.4 Å². The fourth-order valence-electron chi connectivity index (χ4n) is 4.63. The van der Waals surface area contributed by atoms with Crippen LogP contribution in [-0.4, -0.2) is 48.0 Å². The van der Waals surface area contributed by atoms with Gasteiger partial charge in [-0.1, -0.05) is 42.5 Å². The number of likely N-dealkylation sites (tertiary alicyclic amines) is 1. The van der Waals surface area contributed by atoms with Crippen molar-refractivity contribution >= 4 is 47.8 Å². The summed E-state index contributed by atoms with van der Waals surface area (Å²) in [6.07, 6.45) is 1.64. The van der Waals surface area contributed by atoms with Crippen molar-refractivity contribution in [1.29, 1.82) is 0 Å². The van der Waals surface area contributed by atoms with Gasteiger partial charge in [0.2, 0.25) is 5.91 Å². The highest BCUT2D eigenvalue weighted by molar-refractivity contribution is 5.85. The summed E-state index contributed by atoms with van der Waals surface area (Å²) < 4.78 is 5.88. The van der Waals surface area contributed by atoms with E-state index >= 15 is 0 Å². The first-order valence-electron chi connectivity index (χ1n) is 10.4. The second kappa shape index (κ2) is 9.90. The maximum Gasteiger partial charge on any atom is 0.298 e. The van der Waals surface area contributed by atoms with Gasteiger partial charge in [-0.05, 0) is 30.5 Å². The molecule has 2 aromatic carbocycles. The third-order valence-corrected chi connectivity index (χ3v) is 6.30. The van der Waals surface area contributed by atoms with Gasteiger partial charge in [-0.25, -0.2) is 0 Å². The second-order valence-electron chi connectivity index (χ2n) is 8.15. The predicted octanol–water partition coefficient (Wildman–Crippen LogP) is 3.84. The van der Waals surface area contributed by atoms with Gasteiger partial charge in [0.15, 0.2) is 5.58 Å². The number of fused-ring (bicyclic) bond motifs is 1. The minimum atomic E-state index is 0. The Bertz CT molecular complexity index is 972. The van der Waals surface area contributed by atoms with Crippen LogP contribution in [0.15, 0.2) is 59.0 Å². The number of carbonyl (C=O) groups is 1. The first-order valence-corrected chi connectivity index (χ1v) is 10.4. The van der Waals surface area contributed by atoms with Crippen molar-refractivity contribution in [3.05, 3.63) is 60.2 Å². The molecule has 31 heavy (non-hydrogen) atoms. The van der Waals surface area contributed by atoms with Crippen LogP contribution < -0.4 is 10.6 Å². The molecule has 1 amide bonds. The fraction of sp³-hybridized carbons (Fsp3) is 0.391. The lowest BCUT2D eigenvalue weighted by atomic mass is 9.94. The molecular weight excluding hydrogens is 435 g/mol. The van der Waals surface area contributed by atoms with E-state index in [1.54, 1.807) is 0 Å². The molecule has 2 saturated heterocycles. The number of amides is 1. The summed E-state index contributed by atoms with van der Waals surface area (Å²) in [6.45, 7) is 2.93. The number of halogens is 2. The Kier molecular flexibility index (Phi) is 7.46. The summed E-state index contributed by atoms with van der Waals surface area (Å²) in [5.41, 5.74) is 9.28. The molecule has 0 saturated carbocycles. The van der Waals surface area contributed by atoms with Gasteiger partial charge in [0.05, 0.1) is 0 Å². The summed E-state index contributed by atoms with van der Waals surface area (Å²) in [6, 6.07) is 18.8. The number of nitrogens with zero attached hydrogens (tertiary/aromatic N) is 3. The normalized spacial score (nSPS) is 21.6. The van der Waals surface area contributed by atoms with Crippen LogP contribution in [0, 0.1) is 5.92 Å². The number of hydrogen-bond acceptors (Lipinski definition) is 5. The quantitative estimate of drug-likeness (QED) is 0.639. The first-order chi connectivity index (χ1) is 14.2. The van der Waals surface area contributed by atoms with Crippen LogP contribution in [0.5, 0.6) is 0 Å². The van der Waals surface area contributed by atoms with Gasteiger partial charge in [0.1, 0.15) is 5.52 Å². The average Bonchev–Trinajstić information content (AvgIpc) is 3.37. The number of hydrogen-bond donors (Lipinski definition) is 1. The number of rotatable bonds is 3. The molecule has 0 unspecified atom stereocenters. The average molecular weight is 463 g/mol. The largest absolute Gasteiger partial charge is 0.423 e. The molecule has 8 heteroatoms. The lowest BCUT2D eigenvalue weighted by Crippen LogP contribution is -2.42. The Hall–Kier alpha value is -2.28. The van der Waals surface area contributed by atoms with E-state index < -0.39 is 0 Å². The zero-order chi connectivity index (χ0) is 19.8. The summed E-state index contributed by atoms with van der Waals surface area (Å²) >= 11 is 0. The van der Waals surface area contributed by atoms with Crippen LogP contribution in [0.25, 0.3) is 11.1 Å². The molecule has 2 fully saturated rings. The molecule has 2 aliphatic heterocycles. The number of piperidine rings is 1. The SMILES string of the molecule is Cl.Cl.N[C@@H]1CN(C(=O)C2CCN(c3nc4ccccc4o3)CC2)C[C@H]1c1ccccc1. The maximum absolute atomic E-state index is 13.1. The minimum Gasteiger partial charge on any atom is -0.423 e. The van der Waals surface area contributed by atoms with Crippen molar-refractivity contribution in [3.8, 4) is 0 Å². The van der Waals surface area contributed by atoms with Crippen molar-refractivity contribution in [2.24, 2.45) is 11.7 Å². The van der Waals surface area contributed by atoms with Crippen LogP contribution in [0.1, 0.15) is 24.3 Å². The lowest BCUT2D eigenvalue weighted by Gasteiger charge is -2.32. The minimum absolute atomic E-state index is 0. The molecule has 2 N–H and O–H groups in total. The molecule has 1 aromatic heterocycles. The third kappa shape index (κ3) is 4.66. The van der Waals surface area contributed by atoms with Crippen molar-refractivity contribution in [3.63, 3.8) is 0 Å². The molecular formula is C23H28Cl2N4O2. The number of aromatic nitrogens is 1.